The summed E-state index contributed by atoms with van der Waals surface area (Å²) in [5, 5.41) is 0. The summed E-state index contributed by atoms with van der Waals surface area (Å²) in [5.41, 5.74) is 0. The lowest BCUT2D eigenvalue weighted by atomic mass is 10.2. The van der Waals surface area contributed by atoms with Crippen LogP contribution in [0, 0.1) is 0 Å². The Labute approximate surface area is 81.6 Å². The van der Waals surface area contributed by atoms with E-state index in [1.54, 1.807) is 0 Å². The Hall–Kier alpha value is -0.0800. The Balaban J connectivity index is 1.63. The lowest BCUT2D eigenvalue weighted by Crippen LogP contribution is -1.97. The predicted octanol–water partition coefficient (Wildman–Crippen LogP) is 2.76. The highest BCUT2D eigenvalue weighted by Crippen LogP contribution is 2.23. The molecule has 2 heteroatoms. The third-order valence-electron chi connectivity index (χ3n) is 2.27. The van der Waals surface area contributed by atoms with Crippen molar-refractivity contribution >= 4 is 0 Å². The molecule has 2 nitrogen and oxygen atoms in total. The molecule has 0 unspecified atom stereocenters. The number of ether oxygens (including phenoxy) is 2. The van der Waals surface area contributed by atoms with E-state index in [0.29, 0.717) is 6.10 Å². The summed E-state index contributed by atoms with van der Waals surface area (Å²) in [5.74, 6) is 0. The molecule has 0 atom stereocenters. The van der Waals surface area contributed by atoms with Crippen molar-refractivity contribution in [2.24, 2.45) is 0 Å². The van der Waals surface area contributed by atoms with Crippen molar-refractivity contribution in [3.8, 4) is 0 Å². The second-order valence-corrected chi connectivity index (χ2v) is 3.68. The van der Waals surface area contributed by atoms with Crippen molar-refractivity contribution < 1.29 is 9.47 Å². The van der Waals surface area contributed by atoms with Gasteiger partial charge in [-0.25, -0.2) is 0 Å². The minimum atomic E-state index is 0.628. The summed E-state index contributed by atoms with van der Waals surface area (Å²) in [6, 6.07) is 0. The van der Waals surface area contributed by atoms with Crippen LogP contribution in [-0.2, 0) is 9.47 Å². The summed E-state index contributed by atoms with van der Waals surface area (Å²) in [7, 11) is 0. The van der Waals surface area contributed by atoms with Gasteiger partial charge in [-0.05, 0) is 32.6 Å². The highest BCUT2D eigenvalue weighted by atomic mass is 16.5. The van der Waals surface area contributed by atoms with Crippen molar-refractivity contribution in [2.45, 2.75) is 51.6 Å². The molecule has 13 heavy (non-hydrogen) atoms. The third-order valence-corrected chi connectivity index (χ3v) is 2.27. The van der Waals surface area contributed by atoms with Crippen LogP contribution in [0.15, 0.2) is 0 Å². The molecule has 0 aliphatic heterocycles. The van der Waals surface area contributed by atoms with Gasteiger partial charge in [-0.15, -0.1) is 0 Å². The zero-order valence-corrected chi connectivity index (χ0v) is 8.76. The first kappa shape index (κ1) is 11.0. The molecule has 0 radical (unpaired) electrons. The molecular weight excluding hydrogens is 164 g/mol. The first-order valence-corrected chi connectivity index (χ1v) is 5.63. The Morgan fingerprint density at radius 2 is 1.69 bits per heavy atom. The van der Waals surface area contributed by atoms with Crippen LogP contribution in [0.2, 0.25) is 0 Å². The summed E-state index contributed by atoms with van der Waals surface area (Å²) in [6.45, 7) is 4.80. The van der Waals surface area contributed by atoms with Crippen LogP contribution >= 0.6 is 0 Å². The second-order valence-electron chi connectivity index (χ2n) is 3.68. The van der Waals surface area contributed by atoms with E-state index in [2.05, 4.69) is 0 Å². The van der Waals surface area contributed by atoms with E-state index in [1.165, 1.54) is 38.5 Å². The molecule has 0 heterocycles. The maximum absolute atomic E-state index is 5.55. The van der Waals surface area contributed by atoms with Gasteiger partial charge in [0.05, 0.1) is 6.10 Å². The fourth-order valence-electron chi connectivity index (χ4n) is 1.29. The number of rotatable bonds is 9. The molecule has 0 aromatic carbocycles. The van der Waals surface area contributed by atoms with Crippen LogP contribution in [-0.4, -0.2) is 25.9 Å². The molecule has 1 aliphatic rings. The van der Waals surface area contributed by atoms with Crippen LogP contribution in [0.25, 0.3) is 0 Å². The molecular formula is C11H22O2. The van der Waals surface area contributed by atoms with Crippen molar-refractivity contribution in [1.29, 1.82) is 0 Å². The first-order chi connectivity index (χ1) is 6.43. The van der Waals surface area contributed by atoms with Crippen LogP contribution in [0.3, 0.4) is 0 Å². The quantitative estimate of drug-likeness (QED) is 0.515. The van der Waals surface area contributed by atoms with Crippen molar-refractivity contribution in [3.63, 3.8) is 0 Å². The lowest BCUT2D eigenvalue weighted by molar-refractivity contribution is 0.113. The number of unbranched alkanes of at least 4 members (excludes halogenated alkanes) is 3. The monoisotopic (exact) mass is 186 g/mol. The molecule has 1 aliphatic carbocycles. The maximum atomic E-state index is 5.55. The molecule has 0 N–H and O–H groups in total. The van der Waals surface area contributed by atoms with Crippen LogP contribution in [0.1, 0.15) is 45.4 Å². The summed E-state index contributed by atoms with van der Waals surface area (Å²) < 4.78 is 10.8. The minimum absolute atomic E-state index is 0.628. The zero-order chi connectivity index (χ0) is 9.36. The Morgan fingerprint density at radius 3 is 2.31 bits per heavy atom. The predicted molar refractivity (Wildman–Crippen MR) is 53.9 cm³/mol. The lowest BCUT2D eigenvalue weighted by Gasteiger charge is -2.02. The number of hydrogen-bond donors (Lipinski definition) is 0. The molecule has 78 valence electrons. The van der Waals surface area contributed by atoms with Gasteiger partial charge in [0.25, 0.3) is 0 Å². The average molecular weight is 186 g/mol. The van der Waals surface area contributed by atoms with Crippen molar-refractivity contribution in [2.75, 3.05) is 19.8 Å². The highest BCUT2D eigenvalue weighted by Gasteiger charge is 2.21. The molecule has 0 saturated heterocycles. The fourth-order valence-corrected chi connectivity index (χ4v) is 1.29. The van der Waals surface area contributed by atoms with Crippen LogP contribution < -0.4 is 0 Å². The largest absolute Gasteiger partial charge is 0.382 e. The van der Waals surface area contributed by atoms with E-state index in [9.17, 15) is 0 Å². The molecule has 0 amide bonds. The van der Waals surface area contributed by atoms with Crippen molar-refractivity contribution in [1.82, 2.24) is 0 Å². The smallest absolute Gasteiger partial charge is 0.0577 e. The van der Waals surface area contributed by atoms with Gasteiger partial charge < -0.3 is 9.47 Å². The van der Waals surface area contributed by atoms with Gasteiger partial charge >= 0.3 is 0 Å². The second kappa shape index (κ2) is 7.34. The first-order valence-electron chi connectivity index (χ1n) is 5.63. The van der Waals surface area contributed by atoms with Gasteiger partial charge in [0.1, 0.15) is 0 Å². The molecule has 1 rings (SSSR count). The van der Waals surface area contributed by atoms with Crippen LogP contribution in [0.5, 0.6) is 0 Å². The fraction of sp³-hybridized carbons (Fsp3) is 1.00. The Bertz CT molecular complexity index is 111. The van der Waals surface area contributed by atoms with Gasteiger partial charge in [-0.2, -0.15) is 0 Å². The van der Waals surface area contributed by atoms with E-state index in [0.717, 1.165) is 19.8 Å². The van der Waals surface area contributed by atoms with E-state index in [-0.39, 0.29) is 0 Å². The normalized spacial score (nSPS) is 16.4. The molecule has 0 bridgehead atoms. The minimum Gasteiger partial charge on any atom is -0.382 e. The van der Waals surface area contributed by atoms with E-state index < -0.39 is 0 Å². The summed E-state index contributed by atoms with van der Waals surface area (Å²) in [6.07, 6.45) is 8.23. The van der Waals surface area contributed by atoms with Gasteiger partial charge in [-0.3, -0.25) is 0 Å². The van der Waals surface area contributed by atoms with Gasteiger partial charge in [0.15, 0.2) is 0 Å². The van der Waals surface area contributed by atoms with Crippen LogP contribution in [0.4, 0.5) is 0 Å². The standard InChI is InChI=1S/C11H22O2/c1-2-12-9-5-3-4-6-10-13-11-7-8-11/h11H,2-10H2,1H3. The highest BCUT2D eigenvalue weighted by molar-refractivity contribution is 4.72. The topological polar surface area (TPSA) is 18.5 Å². The van der Waals surface area contributed by atoms with Gasteiger partial charge in [0, 0.05) is 19.8 Å². The van der Waals surface area contributed by atoms with Gasteiger partial charge in [-0.1, -0.05) is 12.8 Å². The average Bonchev–Trinajstić information content (AvgIpc) is 2.93. The Kier molecular flexibility index (Phi) is 6.21. The molecule has 0 aromatic rings. The van der Waals surface area contributed by atoms with E-state index in [1.807, 2.05) is 6.92 Å². The van der Waals surface area contributed by atoms with E-state index >= 15 is 0 Å². The Morgan fingerprint density at radius 1 is 1.00 bits per heavy atom. The summed E-state index contributed by atoms with van der Waals surface area (Å²) in [4.78, 5) is 0. The third kappa shape index (κ3) is 7.03. The molecule has 1 saturated carbocycles. The SMILES string of the molecule is CCOCCCCCCOC1CC1. The molecule has 0 aromatic heterocycles. The van der Waals surface area contributed by atoms with Crippen molar-refractivity contribution in [3.05, 3.63) is 0 Å². The molecule has 1 fully saturated rings. The zero-order valence-electron chi connectivity index (χ0n) is 8.76. The molecule has 0 spiro atoms. The maximum Gasteiger partial charge on any atom is 0.0577 e. The van der Waals surface area contributed by atoms with Gasteiger partial charge in [0.2, 0.25) is 0 Å². The number of hydrogen-bond acceptors (Lipinski definition) is 2. The summed E-state index contributed by atoms with van der Waals surface area (Å²) >= 11 is 0. The van der Waals surface area contributed by atoms with E-state index in [4.69, 9.17) is 9.47 Å².